The Morgan fingerprint density at radius 2 is 1.64 bits per heavy atom. The third-order valence-corrected chi connectivity index (χ3v) is 5.71. The van der Waals surface area contributed by atoms with Gasteiger partial charge in [-0.25, -0.2) is 4.98 Å². The van der Waals surface area contributed by atoms with Gasteiger partial charge in [-0.2, -0.15) is 8.42 Å². The fourth-order valence-electron chi connectivity index (χ4n) is 2.77. The van der Waals surface area contributed by atoms with Crippen molar-refractivity contribution in [3.05, 3.63) is 76.8 Å². The summed E-state index contributed by atoms with van der Waals surface area (Å²) < 4.78 is 36.6. The van der Waals surface area contributed by atoms with Crippen molar-refractivity contribution >= 4 is 32.8 Å². The molecule has 0 amide bonds. The Balaban J connectivity index is 1.79. The fraction of sp³-hybridized carbons (Fsp3) is 0.0952. The maximum Gasteiger partial charge on any atom is 0.339 e. The van der Waals surface area contributed by atoms with Crippen molar-refractivity contribution in [1.82, 2.24) is 4.98 Å². The molecular weight excluding hydrogens is 398 g/mol. The minimum Gasteiger partial charge on any atom is -0.436 e. The predicted octanol–water partition coefficient (Wildman–Crippen LogP) is 5.53. The van der Waals surface area contributed by atoms with Gasteiger partial charge in [0.1, 0.15) is 10.4 Å². The molecule has 0 spiro atoms. The average Bonchev–Trinajstić information content (AvgIpc) is 3.04. The molecule has 3 aromatic carbocycles. The van der Waals surface area contributed by atoms with E-state index in [1.54, 1.807) is 24.3 Å². The van der Waals surface area contributed by atoms with E-state index in [1.807, 2.05) is 32.0 Å². The van der Waals surface area contributed by atoms with E-state index in [9.17, 15) is 8.42 Å². The van der Waals surface area contributed by atoms with Gasteiger partial charge in [0, 0.05) is 11.1 Å². The van der Waals surface area contributed by atoms with Crippen LogP contribution in [0.5, 0.6) is 5.75 Å². The van der Waals surface area contributed by atoms with Gasteiger partial charge in [-0.3, -0.25) is 0 Å². The molecule has 0 saturated heterocycles. The number of oxazole rings is 1. The van der Waals surface area contributed by atoms with E-state index in [0.29, 0.717) is 21.7 Å². The van der Waals surface area contributed by atoms with Gasteiger partial charge >= 0.3 is 10.1 Å². The highest BCUT2D eigenvalue weighted by Gasteiger charge is 2.21. The number of aryl methyl sites for hydroxylation is 2. The van der Waals surface area contributed by atoms with Crippen LogP contribution in [0.15, 0.2) is 70.0 Å². The van der Waals surface area contributed by atoms with E-state index < -0.39 is 10.1 Å². The maximum absolute atomic E-state index is 12.7. The third kappa shape index (κ3) is 3.61. The van der Waals surface area contributed by atoms with Crippen LogP contribution in [-0.2, 0) is 10.1 Å². The maximum atomic E-state index is 12.7. The lowest BCUT2D eigenvalue weighted by Gasteiger charge is -2.10. The molecule has 1 aromatic heterocycles. The Bertz CT molecular complexity index is 1280. The first-order valence-electron chi connectivity index (χ1n) is 8.50. The highest BCUT2D eigenvalue weighted by atomic mass is 35.5. The molecule has 0 N–H and O–H groups in total. The second-order valence-corrected chi connectivity index (χ2v) is 8.46. The summed E-state index contributed by atoms with van der Waals surface area (Å²) in [6.45, 7) is 3.83. The van der Waals surface area contributed by atoms with E-state index in [-0.39, 0.29) is 16.5 Å². The predicted molar refractivity (Wildman–Crippen MR) is 108 cm³/mol. The lowest BCUT2D eigenvalue weighted by molar-refractivity contribution is 0.485. The Morgan fingerprint density at radius 1 is 0.929 bits per heavy atom. The van der Waals surface area contributed by atoms with Crippen LogP contribution in [0.4, 0.5) is 0 Å². The molecule has 4 aromatic rings. The van der Waals surface area contributed by atoms with Crippen molar-refractivity contribution in [3.8, 4) is 17.2 Å². The molecule has 0 atom stereocenters. The molecule has 7 heteroatoms. The van der Waals surface area contributed by atoms with Crippen molar-refractivity contribution in [2.24, 2.45) is 0 Å². The lowest BCUT2D eigenvalue weighted by atomic mass is 10.2. The molecule has 1 heterocycles. The van der Waals surface area contributed by atoms with Crippen molar-refractivity contribution < 1.29 is 17.0 Å². The van der Waals surface area contributed by atoms with Gasteiger partial charge in [-0.1, -0.05) is 35.4 Å². The lowest BCUT2D eigenvalue weighted by Crippen LogP contribution is -2.10. The summed E-state index contributed by atoms with van der Waals surface area (Å²) in [5, 5.41) is 0.338. The molecule has 5 nitrogen and oxygen atoms in total. The summed E-state index contributed by atoms with van der Waals surface area (Å²) in [4.78, 5) is 4.52. The molecule has 0 bridgehead atoms. The summed E-state index contributed by atoms with van der Waals surface area (Å²) in [5.74, 6) is 0.308. The number of hydrogen-bond donors (Lipinski definition) is 0. The van der Waals surface area contributed by atoms with Gasteiger partial charge in [0.15, 0.2) is 11.3 Å². The minimum absolute atomic E-state index is 0.0522. The van der Waals surface area contributed by atoms with Crippen molar-refractivity contribution in [2.45, 2.75) is 18.7 Å². The van der Waals surface area contributed by atoms with Gasteiger partial charge in [0.05, 0.1) is 5.56 Å². The number of hydrogen-bond acceptors (Lipinski definition) is 5. The summed E-state index contributed by atoms with van der Waals surface area (Å²) in [6, 6.07) is 16.7. The Labute approximate surface area is 167 Å². The summed E-state index contributed by atoms with van der Waals surface area (Å²) in [6.07, 6.45) is 0. The molecule has 0 aliphatic carbocycles. The Hall–Kier alpha value is -2.83. The third-order valence-electron chi connectivity index (χ3n) is 4.23. The molecule has 0 aliphatic rings. The van der Waals surface area contributed by atoms with Gasteiger partial charge in [0.25, 0.3) is 0 Å². The molecular formula is C21H16ClNO4S. The van der Waals surface area contributed by atoms with Crippen molar-refractivity contribution in [2.75, 3.05) is 0 Å². The number of nitrogens with zero attached hydrogens (tertiary/aromatic N) is 1. The molecule has 0 fully saturated rings. The second kappa shape index (κ2) is 6.96. The van der Waals surface area contributed by atoms with E-state index in [2.05, 4.69) is 4.98 Å². The highest BCUT2D eigenvalue weighted by Crippen LogP contribution is 2.35. The molecule has 28 heavy (non-hydrogen) atoms. The molecule has 0 radical (unpaired) electrons. The largest absolute Gasteiger partial charge is 0.436 e. The SMILES string of the molecule is Cc1ccc(S(=O)(=O)Oc2cc(Cl)ccc2-c2nc3cc(C)ccc3o2)cc1. The van der Waals surface area contributed by atoms with Crippen LogP contribution in [0.2, 0.25) is 5.02 Å². The minimum atomic E-state index is -4.04. The molecule has 0 unspecified atom stereocenters. The Morgan fingerprint density at radius 3 is 2.39 bits per heavy atom. The molecule has 142 valence electrons. The zero-order valence-corrected chi connectivity index (χ0v) is 16.7. The first kappa shape index (κ1) is 18.5. The summed E-state index contributed by atoms with van der Waals surface area (Å²) in [7, 11) is -4.04. The van der Waals surface area contributed by atoms with Crippen LogP contribution in [0.1, 0.15) is 11.1 Å². The van der Waals surface area contributed by atoms with E-state index in [1.165, 1.54) is 18.2 Å². The molecule has 0 aliphatic heterocycles. The number of halogens is 1. The summed E-state index contributed by atoms with van der Waals surface area (Å²) in [5.41, 5.74) is 3.67. The van der Waals surface area contributed by atoms with Crippen LogP contribution in [-0.4, -0.2) is 13.4 Å². The van der Waals surface area contributed by atoms with E-state index in [0.717, 1.165) is 11.1 Å². The standard InChI is InChI=1S/C21H16ClNO4S/c1-13-3-7-16(8-4-13)28(24,25)27-20-12-15(22)6-9-17(20)21-23-18-11-14(2)5-10-19(18)26-21/h3-12H,1-2H3. The van der Waals surface area contributed by atoms with Gasteiger partial charge in [-0.05, 0) is 55.8 Å². The number of rotatable bonds is 4. The average molecular weight is 414 g/mol. The fourth-order valence-corrected chi connectivity index (χ4v) is 3.87. The van der Waals surface area contributed by atoms with Gasteiger partial charge in [-0.15, -0.1) is 0 Å². The van der Waals surface area contributed by atoms with E-state index in [4.69, 9.17) is 20.2 Å². The first-order chi connectivity index (χ1) is 13.3. The normalized spacial score (nSPS) is 11.7. The van der Waals surface area contributed by atoms with Crippen LogP contribution >= 0.6 is 11.6 Å². The number of aromatic nitrogens is 1. The van der Waals surface area contributed by atoms with Crippen LogP contribution in [0.25, 0.3) is 22.6 Å². The zero-order chi connectivity index (χ0) is 19.9. The van der Waals surface area contributed by atoms with Gasteiger partial charge in [0.2, 0.25) is 5.89 Å². The van der Waals surface area contributed by atoms with E-state index >= 15 is 0 Å². The van der Waals surface area contributed by atoms with Crippen LogP contribution in [0, 0.1) is 13.8 Å². The topological polar surface area (TPSA) is 69.4 Å². The number of benzene rings is 3. The zero-order valence-electron chi connectivity index (χ0n) is 15.1. The van der Waals surface area contributed by atoms with Gasteiger partial charge < -0.3 is 8.60 Å². The Kier molecular flexibility index (Phi) is 4.61. The molecule has 4 rings (SSSR count). The van der Waals surface area contributed by atoms with Crippen molar-refractivity contribution in [1.29, 1.82) is 0 Å². The molecule has 0 saturated carbocycles. The quantitative estimate of drug-likeness (QED) is 0.411. The van der Waals surface area contributed by atoms with Crippen LogP contribution < -0.4 is 4.18 Å². The van der Waals surface area contributed by atoms with Crippen LogP contribution in [0.3, 0.4) is 0 Å². The highest BCUT2D eigenvalue weighted by molar-refractivity contribution is 7.87. The first-order valence-corrected chi connectivity index (χ1v) is 10.3. The monoisotopic (exact) mass is 413 g/mol. The second-order valence-electron chi connectivity index (χ2n) is 6.48. The number of fused-ring (bicyclic) bond motifs is 1. The smallest absolute Gasteiger partial charge is 0.339 e. The van der Waals surface area contributed by atoms with Crippen molar-refractivity contribution in [3.63, 3.8) is 0 Å². The summed E-state index contributed by atoms with van der Waals surface area (Å²) >= 11 is 6.07.